The molecule has 1 fully saturated rings. The maximum absolute atomic E-state index is 4.66. The Bertz CT molecular complexity index is 612. The molecule has 5 nitrogen and oxygen atoms in total. The summed E-state index contributed by atoms with van der Waals surface area (Å²) in [6.45, 7) is 3.95. The summed E-state index contributed by atoms with van der Waals surface area (Å²) in [5.41, 5.74) is 4.12. The molecule has 2 aliphatic rings. The molecule has 5 heteroatoms. The second kappa shape index (κ2) is 4.90. The molecule has 0 radical (unpaired) electrons. The lowest BCUT2D eigenvalue weighted by Crippen LogP contribution is -2.44. The van der Waals surface area contributed by atoms with Gasteiger partial charge in [0.2, 0.25) is 5.95 Å². The molecule has 2 heterocycles. The van der Waals surface area contributed by atoms with Crippen molar-refractivity contribution in [2.24, 2.45) is 0 Å². The van der Waals surface area contributed by atoms with Crippen LogP contribution < -0.4 is 10.2 Å². The first-order chi connectivity index (χ1) is 9.90. The van der Waals surface area contributed by atoms with Gasteiger partial charge in [0.25, 0.3) is 0 Å². The first-order valence-corrected chi connectivity index (χ1v) is 7.40. The van der Waals surface area contributed by atoms with Crippen molar-refractivity contribution in [1.29, 1.82) is 0 Å². The molecule has 0 saturated carbocycles. The van der Waals surface area contributed by atoms with Crippen molar-refractivity contribution < 1.29 is 0 Å². The normalized spacial score (nSPS) is 18.3. The van der Waals surface area contributed by atoms with Crippen molar-refractivity contribution in [2.45, 2.75) is 19.3 Å². The van der Waals surface area contributed by atoms with Gasteiger partial charge in [-0.1, -0.05) is 12.1 Å². The van der Waals surface area contributed by atoms with Gasteiger partial charge in [-0.15, -0.1) is 5.10 Å². The van der Waals surface area contributed by atoms with Gasteiger partial charge in [0, 0.05) is 31.7 Å². The Morgan fingerprint density at radius 1 is 1.05 bits per heavy atom. The highest BCUT2D eigenvalue weighted by molar-refractivity contribution is 5.59. The average molecular weight is 269 g/mol. The number of aromatic amines is 1. The lowest BCUT2D eigenvalue weighted by molar-refractivity contribution is 0.580. The zero-order chi connectivity index (χ0) is 13.4. The summed E-state index contributed by atoms with van der Waals surface area (Å²) < 4.78 is 0. The molecular weight excluding hydrogens is 250 g/mol. The minimum Gasteiger partial charge on any atom is -0.337 e. The Hall–Kier alpha value is -1.88. The van der Waals surface area contributed by atoms with Crippen LogP contribution in [0.2, 0.25) is 0 Å². The Kier molecular flexibility index (Phi) is 2.92. The van der Waals surface area contributed by atoms with Crippen LogP contribution in [0.15, 0.2) is 18.2 Å². The standard InChI is InChI=1S/C15H19N5/c1-2-11-4-5-13(10-12(11)3-1)14-17-15(19-18-14)20-8-6-16-7-9-20/h4-5,10,16H,1-3,6-9H2,(H,17,18,19). The van der Waals surface area contributed by atoms with Crippen molar-refractivity contribution in [3.05, 3.63) is 29.3 Å². The Balaban J connectivity index is 1.61. The summed E-state index contributed by atoms with van der Waals surface area (Å²) in [5, 5.41) is 10.8. The van der Waals surface area contributed by atoms with Crippen LogP contribution in [0.5, 0.6) is 0 Å². The molecule has 2 aromatic rings. The van der Waals surface area contributed by atoms with E-state index in [2.05, 4.69) is 43.6 Å². The minimum atomic E-state index is 0.821. The molecule has 1 aliphatic heterocycles. The third kappa shape index (κ3) is 2.08. The van der Waals surface area contributed by atoms with Gasteiger partial charge in [-0.05, 0) is 36.5 Å². The summed E-state index contributed by atoms with van der Waals surface area (Å²) in [4.78, 5) is 6.89. The van der Waals surface area contributed by atoms with Crippen molar-refractivity contribution >= 4 is 5.95 Å². The minimum absolute atomic E-state index is 0.821. The number of piperazine rings is 1. The molecule has 2 N–H and O–H groups in total. The second-order valence-electron chi connectivity index (χ2n) is 5.56. The van der Waals surface area contributed by atoms with E-state index >= 15 is 0 Å². The average Bonchev–Trinajstić information content (AvgIpc) is 3.16. The fraction of sp³-hybridized carbons (Fsp3) is 0.467. The van der Waals surface area contributed by atoms with Crippen LogP contribution in [0.1, 0.15) is 17.5 Å². The number of nitrogens with zero attached hydrogens (tertiary/aromatic N) is 3. The summed E-state index contributed by atoms with van der Waals surface area (Å²) in [6, 6.07) is 6.67. The van der Waals surface area contributed by atoms with Crippen molar-refractivity contribution in [3.63, 3.8) is 0 Å². The van der Waals surface area contributed by atoms with E-state index in [0.717, 1.165) is 43.5 Å². The van der Waals surface area contributed by atoms with Gasteiger partial charge in [0.05, 0.1) is 0 Å². The summed E-state index contributed by atoms with van der Waals surface area (Å²) in [6.07, 6.45) is 3.70. The number of rotatable bonds is 2. The number of hydrogen-bond donors (Lipinski definition) is 2. The third-order valence-electron chi connectivity index (χ3n) is 4.25. The SMILES string of the molecule is c1cc2c(cc1-c1nc(N3CCNCC3)n[nH]1)CCC2. The van der Waals surface area contributed by atoms with E-state index in [1.54, 1.807) is 0 Å². The van der Waals surface area contributed by atoms with Gasteiger partial charge in [0.15, 0.2) is 5.82 Å². The molecule has 4 rings (SSSR count). The number of nitrogens with one attached hydrogen (secondary N) is 2. The van der Waals surface area contributed by atoms with Crippen molar-refractivity contribution in [3.8, 4) is 11.4 Å². The molecule has 1 aromatic carbocycles. The molecule has 0 bridgehead atoms. The number of fused-ring (bicyclic) bond motifs is 1. The van der Waals surface area contributed by atoms with Gasteiger partial charge in [-0.3, -0.25) is 5.10 Å². The van der Waals surface area contributed by atoms with Crippen LogP contribution in [0, 0.1) is 0 Å². The molecular formula is C15H19N5. The summed E-state index contributed by atoms with van der Waals surface area (Å²) >= 11 is 0. The molecule has 0 amide bonds. The van der Waals surface area contributed by atoms with Crippen LogP contribution in [-0.2, 0) is 12.8 Å². The molecule has 0 atom stereocenters. The second-order valence-corrected chi connectivity index (χ2v) is 5.56. The highest BCUT2D eigenvalue weighted by Crippen LogP contribution is 2.27. The topological polar surface area (TPSA) is 56.8 Å². The smallest absolute Gasteiger partial charge is 0.245 e. The Morgan fingerprint density at radius 3 is 2.80 bits per heavy atom. The summed E-state index contributed by atoms with van der Waals surface area (Å²) in [5.74, 6) is 1.70. The molecule has 1 aliphatic carbocycles. The van der Waals surface area contributed by atoms with E-state index in [9.17, 15) is 0 Å². The fourth-order valence-electron chi connectivity index (χ4n) is 3.11. The van der Waals surface area contributed by atoms with Crippen molar-refractivity contribution in [1.82, 2.24) is 20.5 Å². The van der Waals surface area contributed by atoms with Gasteiger partial charge in [-0.25, -0.2) is 0 Å². The monoisotopic (exact) mass is 269 g/mol. The quantitative estimate of drug-likeness (QED) is 0.864. The lowest BCUT2D eigenvalue weighted by atomic mass is 10.1. The molecule has 20 heavy (non-hydrogen) atoms. The van der Waals surface area contributed by atoms with Gasteiger partial charge >= 0.3 is 0 Å². The number of H-pyrrole nitrogens is 1. The van der Waals surface area contributed by atoms with E-state index in [1.165, 1.54) is 30.4 Å². The Labute approximate surface area is 118 Å². The Morgan fingerprint density at radius 2 is 1.90 bits per heavy atom. The van der Waals surface area contributed by atoms with E-state index < -0.39 is 0 Å². The van der Waals surface area contributed by atoms with E-state index in [1.807, 2.05) is 0 Å². The van der Waals surface area contributed by atoms with Gasteiger partial charge in [0.1, 0.15) is 0 Å². The molecule has 104 valence electrons. The van der Waals surface area contributed by atoms with E-state index in [0.29, 0.717) is 0 Å². The predicted octanol–water partition coefficient (Wildman–Crippen LogP) is 1.37. The van der Waals surface area contributed by atoms with Crippen LogP contribution in [0.25, 0.3) is 11.4 Å². The molecule has 0 unspecified atom stereocenters. The molecule has 1 saturated heterocycles. The van der Waals surface area contributed by atoms with Gasteiger partial charge in [-0.2, -0.15) is 4.98 Å². The third-order valence-corrected chi connectivity index (χ3v) is 4.25. The number of aromatic nitrogens is 3. The number of aryl methyl sites for hydroxylation is 2. The van der Waals surface area contributed by atoms with Crippen LogP contribution in [0.3, 0.4) is 0 Å². The van der Waals surface area contributed by atoms with E-state index in [-0.39, 0.29) is 0 Å². The number of hydrogen-bond acceptors (Lipinski definition) is 4. The number of anilines is 1. The lowest BCUT2D eigenvalue weighted by Gasteiger charge is -2.25. The highest BCUT2D eigenvalue weighted by atomic mass is 15.4. The largest absolute Gasteiger partial charge is 0.337 e. The first-order valence-electron chi connectivity index (χ1n) is 7.40. The maximum atomic E-state index is 4.66. The zero-order valence-electron chi connectivity index (χ0n) is 11.5. The van der Waals surface area contributed by atoms with Gasteiger partial charge < -0.3 is 10.2 Å². The van der Waals surface area contributed by atoms with Crippen LogP contribution in [0.4, 0.5) is 5.95 Å². The molecule has 1 aromatic heterocycles. The van der Waals surface area contributed by atoms with E-state index in [4.69, 9.17) is 0 Å². The first kappa shape index (κ1) is 11.9. The maximum Gasteiger partial charge on any atom is 0.245 e. The van der Waals surface area contributed by atoms with Crippen LogP contribution in [-0.4, -0.2) is 41.4 Å². The highest BCUT2D eigenvalue weighted by Gasteiger charge is 2.17. The van der Waals surface area contributed by atoms with Crippen LogP contribution >= 0.6 is 0 Å². The fourth-order valence-corrected chi connectivity index (χ4v) is 3.11. The predicted molar refractivity (Wildman–Crippen MR) is 78.9 cm³/mol. The summed E-state index contributed by atoms with van der Waals surface area (Å²) in [7, 11) is 0. The van der Waals surface area contributed by atoms with Crippen molar-refractivity contribution in [2.75, 3.05) is 31.1 Å². The zero-order valence-corrected chi connectivity index (χ0v) is 11.5. The molecule has 0 spiro atoms. The number of benzene rings is 1.